The van der Waals surface area contributed by atoms with Gasteiger partial charge in [-0.2, -0.15) is 0 Å². The Kier molecular flexibility index (Phi) is 24.0. The third kappa shape index (κ3) is 18.3. The molecule has 5 N–H and O–H groups in total. The van der Waals surface area contributed by atoms with Gasteiger partial charge in [-0.15, -0.1) is 0 Å². The molecule has 2 aliphatic heterocycles. The molecule has 9 atom stereocenters. The zero-order valence-electron chi connectivity index (χ0n) is 48.4. The highest BCUT2D eigenvalue weighted by Crippen LogP contribution is 2.21. The smallest absolute Gasteiger partial charge is 0.248 e. The highest BCUT2D eigenvalue weighted by molar-refractivity contribution is 5.99. The van der Waals surface area contributed by atoms with Crippen molar-refractivity contribution in [2.75, 3.05) is 61.5 Å². The number of nitrogens with zero attached hydrogens (tertiary/aromatic N) is 6. The van der Waals surface area contributed by atoms with Gasteiger partial charge in [0.2, 0.25) is 59.1 Å². The number of carbonyl (C=O) groups is 10. The Morgan fingerprint density at radius 2 is 1.15 bits per heavy atom. The lowest BCUT2D eigenvalue weighted by atomic mass is 9.98. The van der Waals surface area contributed by atoms with Gasteiger partial charge in [-0.3, -0.25) is 47.9 Å². The van der Waals surface area contributed by atoms with Crippen molar-refractivity contribution in [1.82, 2.24) is 50.7 Å². The summed E-state index contributed by atoms with van der Waals surface area (Å²) < 4.78 is 6.15. The second-order valence-corrected chi connectivity index (χ2v) is 22.3. The monoisotopic (exact) mass is 1100 g/mol. The lowest BCUT2D eigenvalue weighted by Gasteiger charge is -2.37. The van der Waals surface area contributed by atoms with Gasteiger partial charge in [-0.1, -0.05) is 74.5 Å². The summed E-state index contributed by atoms with van der Waals surface area (Å²) in [7, 11) is 6.84. The van der Waals surface area contributed by atoms with Gasteiger partial charge in [0.25, 0.3) is 0 Å². The molecule has 0 unspecified atom stereocenters. The standard InChI is InChI=1S/C57H86N10O12/c1-35(2)29-43-50(72)58-33-46(69)59-41(54(76)67-27-21-16-22-28-67)32-47(70)62(9)36(3)49(71)61-48(38(5)68)56(78)63(10)37(4)52(74)64(11)44(30-39-23-17-14-18-24-39)51(73)60-42(34-79-57(6,7)8)53(75)66(13)45(55(77)65(43)12)31-40-25-19-15-20-26-40/h14-15,17-20,23-26,35-38,41-45,48,68H,16,21-22,27-34H2,1-13H3,(H,58,72)(H,59,69)(H,60,73)(H,61,71)/t36-,37-,38+,41-,42-,43-,44-,45-,48-/m0/s1. The Labute approximate surface area is 465 Å². The number of nitrogens with one attached hydrogen (secondary N) is 4. The van der Waals surface area contributed by atoms with Gasteiger partial charge in [0.05, 0.1) is 31.3 Å². The number of aliphatic hydroxyl groups is 1. The molecule has 2 fully saturated rings. The molecule has 22 nitrogen and oxygen atoms in total. The molecule has 0 spiro atoms. The fraction of sp³-hybridized carbons (Fsp3) is 0.614. The molecule has 2 heterocycles. The van der Waals surface area contributed by atoms with Crippen molar-refractivity contribution >= 4 is 59.1 Å². The number of carbonyl (C=O) groups excluding carboxylic acids is 10. The molecule has 79 heavy (non-hydrogen) atoms. The number of piperidine rings is 1. The van der Waals surface area contributed by atoms with Crippen LogP contribution in [0.2, 0.25) is 0 Å². The molecule has 0 saturated carbocycles. The molecule has 2 aliphatic rings. The minimum absolute atomic E-state index is 0.0256. The molecule has 10 amide bonds. The molecule has 2 saturated heterocycles. The molecule has 0 aliphatic carbocycles. The van der Waals surface area contributed by atoms with Crippen molar-refractivity contribution in [3.8, 4) is 0 Å². The quantitative estimate of drug-likeness (QED) is 0.222. The Hall–Kier alpha value is -6.94. The van der Waals surface area contributed by atoms with E-state index >= 15 is 9.59 Å². The van der Waals surface area contributed by atoms with Gasteiger partial charge in [0, 0.05) is 61.2 Å². The molecule has 436 valence electrons. The Morgan fingerprint density at radius 3 is 1.68 bits per heavy atom. The number of hydrogen-bond acceptors (Lipinski definition) is 12. The van der Waals surface area contributed by atoms with Crippen LogP contribution in [0.15, 0.2) is 60.7 Å². The SMILES string of the molecule is CC(C)C[C@H]1C(=O)NCC(=O)N[C@H](C(=O)N2CCCCC2)CC(=O)N(C)[C@@H](C)C(=O)N[C@@H]([C@@H](C)O)C(=O)N(C)[C@@H](C)C(=O)N(C)[C@@H](Cc2ccccc2)C(=O)N[C@@H](COC(C)(C)C)C(=O)N(C)[C@@H](Cc2ccccc2)C(=O)N1C. The minimum atomic E-state index is -1.63. The number of likely N-dealkylation sites (N-methyl/N-ethyl adjacent to an activating group) is 5. The van der Waals surface area contributed by atoms with E-state index in [4.69, 9.17) is 4.74 Å². The average molecular weight is 1100 g/mol. The minimum Gasteiger partial charge on any atom is -0.391 e. The maximum absolute atomic E-state index is 15.1. The number of rotatable bonds is 10. The number of ether oxygens (including phenoxy) is 1. The van der Waals surface area contributed by atoms with E-state index in [9.17, 15) is 43.5 Å². The maximum atomic E-state index is 15.1. The van der Waals surface area contributed by atoms with Crippen LogP contribution < -0.4 is 21.3 Å². The average Bonchev–Trinajstić information content (AvgIpc) is 3.42. The third-order valence-electron chi connectivity index (χ3n) is 14.7. The van der Waals surface area contributed by atoms with Gasteiger partial charge in [-0.05, 0) is 84.3 Å². The number of aliphatic hydroxyl groups excluding tert-OH is 1. The van der Waals surface area contributed by atoms with Crippen LogP contribution in [0.3, 0.4) is 0 Å². The predicted molar refractivity (Wildman–Crippen MR) is 295 cm³/mol. The first-order chi connectivity index (χ1) is 37.0. The van der Waals surface area contributed by atoms with Crippen LogP contribution in [0.4, 0.5) is 0 Å². The van der Waals surface area contributed by atoms with Gasteiger partial charge in [0.1, 0.15) is 48.3 Å². The number of likely N-dealkylation sites (tertiary alicyclic amines) is 1. The van der Waals surface area contributed by atoms with E-state index in [0.717, 1.165) is 21.1 Å². The van der Waals surface area contributed by atoms with E-state index in [2.05, 4.69) is 21.3 Å². The van der Waals surface area contributed by atoms with Crippen LogP contribution in [-0.4, -0.2) is 215 Å². The molecule has 2 aromatic rings. The summed E-state index contributed by atoms with van der Waals surface area (Å²) in [5, 5.41) is 21.5. The topological polar surface area (TPSA) is 268 Å². The summed E-state index contributed by atoms with van der Waals surface area (Å²) in [6.45, 7) is 12.8. The van der Waals surface area contributed by atoms with Crippen molar-refractivity contribution in [3.63, 3.8) is 0 Å². The van der Waals surface area contributed by atoms with Crippen molar-refractivity contribution < 1.29 is 57.8 Å². The first kappa shape index (κ1) is 64.6. The van der Waals surface area contributed by atoms with E-state index in [1.807, 2.05) is 13.8 Å². The molecular formula is C57H86N10O12. The summed E-state index contributed by atoms with van der Waals surface area (Å²) >= 11 is 0. The molecule has 0 bridgehead atoms. The Morgan fingerprint density at radius 1 is 0.620 bits per heavy atom. The first-order valence-electron chi connectivity index (χ1n) is 27.2. The van der Waals surface area contributed by atoms with Crippen molar-refractivity contribution in [2.45, 2.75) is 160 Å². The highest BCUT2D eigenvalue weighted by atomic mass is 16.5. The fourth-order valence-corrected chi connectivity index (χ4v) is 9.38. The third-order valence-corrected chi connectivity index (χ3v) is 14.7. The molecule has 0 radical (unpaired) electrons. The van der Waals surface area contributed by atoms with Gasteiger partial charge >= 0.3 is 0 Å². The zero-order valence-corrected chi connectivity index (χ0v) is 48.4. The van der Waals surface area contributed by atoms with Gasteiger partial charge in [0.15, 0.2) is 0 Å². The Balaban J connectivity index is 1.87. The lowest BCUT2D eigenvalue weighted by molar-refractivity contribution is -0.152. The van der Waals surface area contributed by atoms with Crippen LogP contribution in [-0.2, 0) is 65.5 Å². The number of amides is 10. The second kappa shape index (κ2) is 29.3. The molecule has 0 aromatic heterocycles. The highest BCUT2D eigenvalue weighted by Gasteiger charge is 2.42. The summed E-state index contributed by atoms with van der Waals surface area (Å²) in [5.41, 5.74) is 0.490. The van der Waals surface area contributed by atoms with Crippen LogP contribution in [0.5, 0.6) is 0 Å². The first-order valence-corrected chi connectivity index (χ1v) is 27.2. The van der Waals surface area contributed by atoms with Crippen LogP contribution >= 0.6 is 0 Å². The van der Waals surface area contributed by atoms with E-state index in [0.29, 0.717) is 37.1 Å². The summed E-state index contributed by atoms with van der Waals surface area (Å²) in [6.07, 6.45) is 0.224. The summed E-state index contributed by atoms with van der Waals surface area (Å²) in [6, 6.07) is 6.86. The van der Waals surface area contributed by atoms with E-state index < -0.39 is 132 Å². The number of benzene rings is 2. The molecular weight excluding hydrogens is 1020 g/mol. The second-order valence-electron chi connectivity index (χ2n) is 22.3. The van der Waals surface area contributed by atoms with Crippen molar-refractivity contribution in [2.24, 2.45) is 5.92 Å². The molecule has 4 rings (SSSR count). The Bertz CT molecular complexity index is 2450. The lowest BCUT2D eigenvalue weighted by Crippen LogP contribution is -2.62. The summed E-state index contributed by atoms with van der Waals surface area (Å²) in [4.78, 5) is 151. The normalized spacial score (nSPS) is 25.6. The predicted octanol–water partition coefficient (Wildman–Crippen LogP) is 0.875. The van der Waals surface area contributed by atoms with E-state index in [1.165, 1.54) is 65.8 Å². The fourth-order valence-electron chi connectivity index (χ4n) is 9.38. The van der Waals surface area contributed by atoms with Crippen molar-refractivity contribution in [1.29, 1.82) is 0 Å². The van der Waals surface area contributed by atoms with Crippen LogP contribution in [0.25, 0.3) is 0 Å². The van der Waals surface area contributed by atoms with Crippen LogP contribution in [0, 0.1) is 5.92 Å². The van der Waals surface area contributed by atoms with Gasteiger partial charge < -0.3 is 60.5 Å². The maximum Gasteiger partial charge on any atom is 0.248 e. The summed E-state index contributed by atoms with van der Waals surface area (Å²) in [5.74, 6) is -7.60. The molecule has 22 heteroatoms. The van der Waals surface area contributed by atoms with E-state index in [1.54, 1.807) is 86.3 Å². The van der Waals surface area contributed by atoms with Crippen LogP contribution in [0.1, 0.15) is 98.6 Å². The largest absolute Gasteiger partial charge is 0.391 e. The zero-order chi connectivity index (χ0) is 59.1. The number of hydrogen-bond donors (Lipinski definition) is 5. The van der Waals surface area contributed by atoms with E-state index in [-0.39, 0.29) is 31.8 Å². The van der Waals surface area contributed by atoms with Gasteiger partial charge in [-0.25, -0.2) is 0 Å². The molecule has 2 aromatic carbocycles. The van der Waals surface area contributed by atoms with Crippen molar-refractivity contribution in [3.05, 3.63) is 71.8 Å².